The summed E-state index contributed by atoms with van der Waals surface area (Å²) in [5.41, 5.74) is 4.69. The molecule has 1 aromatic carbocycles. The first-order valence-electron chi connectivity index (χ1n) is 5.56. The van der Waals surface area contributed by atoms with Gasteiger partial charge in [-0.3, -0.25) is 0 Å². The maximum Gasteiger partial charge on any atom is 0.349 e. The van der Waals surface area contributed by atoms with E-state index in [-0.39, 0.29) is 6.04 Å². The van der Waals surface area contributed by atoms with Crippen molar-refractivity contribution < 1.29 is 14.3 Å². The van der Waals surface area contributed by atoms with Crippen LogP contribution in [0.25, 0.3) is 0 Å². The molecule has 0 fully saturated rings. The molecule has 94 valence electrons. The predicted octanol–water partition coefficient (Wildman–Crippen LogP) is 1.73. The van der Waals surface area contributed by atoms with Crippen molar-refractivity contribution in [2.45, 2.75) is 31.9 Å². The van der Waals surface area contributed by atoms with Gasteiger partial charge < -0.3 is 15.2 Å². The molecule has 0 aromatic heterocycles. The molecule has 2 atom stereocenters. The van der Waals surface area contributed by atoms with Crippen LogP contribution in [-0.4, -0.2) is 24.7 Å². The number of methoxy groups -OCH3 is 1. The van der Waals surface area contributed by atoms with Gasteiger partial charge in [0.1, 0.15) is 5.75 Å². The van der Waals surface area contributed by atoms with E-state index in [9.17, 15) is 4.79 Å². The number of benzene rings is 1. The normalized spacial score (nSPS) is 15.8. The summed E-state index contributed by atoms with van der Waals surface area (Å²) in [5.74, 6) is 0.208. The molecular formula is C13H19NO3. The summed E-state index contributed by atoms with van der Waals surface area (Å²) >= 11 is 0. The fourth-order valence-corrected chi connectivity index (χ4v) is 1.75. The van der Waals surface area contributed by atoms with Gasteiger partial charge in [-0.1, -0.05) is 18.2 Å². The molecule has 0 saturated carbocycles. The molecule has 0 saturated heterocycles. The summed E-state index contributed by atoms with van der Waals surface area (Å²) in [6, 6.07) is 9.01. The van der Waals surface area contributed by atoms with Crippen LogP contribution in [0.5, 0.6) is 5.75 Å². The third-order valence-electron chi connectivity index (χ3n) is 2.42. The first kappa shape index (κ1) is 13.5. The highest BCUT2D eigenvalue weighted by Gasteiger charge is 2.37. The lowest BCUT2D eigenvalue weighted by molar-refractivity contribution is -0.158. The van der Waals surface area contributed by atoms with E-state index in [1.165, 1.54) is 7.11 Å². The Morgan fingerprint density at radius 2 is 2.00 bits per heavy atom. The Kier molecular flexibility index (Phi) is 4.52. The Morgan fingerprint density at radius 1 is 1.41 bits per heavy atom. The molecule has 17 heavy (non-hydrogen) atoms. The van der Waals surface area contributed by atoms with Crippen LogP contribution in [0, 0.1) is 0 Å². The van der Waals surface area contributed by atoms with Gasteiger partial charge in [-0.2, -0.15) is 0 Å². The first-order chi connectivity index (χ1) is 7.98. The van der Waals surface area contributed by atoms with Crippen LogP contribution in [0.2, 0.25) is 0 Å². The molecule has 0 aliphatic rings. The number of ether oxygens (including phenoxy) is 2. The topological polar surface area (TPSA) is 61.5 Å². The number of carbonyl (C=O) groups is 1. The molecule has 0 amide bonds. The summed E-state index contributed by atoms with van der Waals surface area (Å²) in [6.07, 6.45) is 0.397. The number of hydrogen-bond donors (Lipinski definition) is 1. The second-order valence-corrected chi connectivity index (χ2v) is 4.32. The third kappa shape index (κ3) is 3.75. The Hall–Kier alpha value is -1.55. The molecule has 0 aliphatic carbocycles. The molecule has 4 heteroatoms. The maximum atomic E-state index is 11.8. The molecule has 1 aromatic rings. The van der Waals surface area contributed by atoms with Gasteiger partial charge in [0.2, 0.25) is 5.60 Å². The second kappa shape index (κ2) is 5.68. The highest BCUT2D eigenvalue weighted by molar-refractivity contribution is 5.79. The first-order valence-corrected chi connectivity index (χ1v) is 5.56. The summed E-state index contributed by atoms with van der Waals surface area (Å²) in [7, 11) is 1.34. The average Bonchev–Trinajstić information content (AvgIpc) is 2.28. The van der Waals surface area contributed by atoms with Crippen molar-refractivity contribution in [1.82, 2.24) is 0 Å². The lowest BCUT2D eigenvalue weighted by atomic mass is 9.98. The zero-order chi connectivity index (χ0) is 12.9. The summed E-state index contributed by atoms with van der Waals surface area (Å²) in [4.78, 5) is 11.8. The van der Waals surface area contributed by atoms with E-state index in [1.807, 2.05) is 25.1 Å². The number of rotatable bonds is 5. The fourth-order valence-electron chi connectivity index (χ4n) is 1.75. The van der Waals surface area contributed by atoms with Crippen molar-refractivity contribution in [2.24, 2.45) is 5.73 Å². The van der Waals surface area contributed by atoms with Crippen LogP contribution in [0.4, 0.5) is 0 Å². The molecule has 2 N–H and O–H groups in total. The fraction of sp³-hybridized carbons (Fsp3) is 0.462. The minimum atomic E-state index is -1.05. The van der Waals surface area contributed by atoms with E-state index in [1.54, 1.807) is 19.1 Å². The highest BCUT2D eigenvalue weighted by atomic mass is 16.6. The number of esters is 1. The number of carbonyl (C=O) groups excluding carboxylic acids is 1. The van der Waals surface area contributed by atoms with Crippen LogP contribution in [0.1, 0.15) is 20.3 Å². The standard InChI is InChI=1S/C13H19NO3/c1-10(14)9-13(2,12(15)16-3)17-11-7-5-4-6-8-11/h4-8,10H,9,14H2,1-3H3/t10-,13-/m1/s1. The molecule has 0 heterocycles. The molecule has 0 aliphatic heterocycles. The third-order valence-corrected chi connectivity index (χ3v) is 2.42. The van der Waals surface area contributed by atoms with Crippen molar-refractivity contribution in [3.8, 4) is 5.75 Å². The van der Waals surface area contributed by atoms with Gasteiger partial charge >= 0.3 is 5.97 Å². The zero-order valence-electron chi connectivity index (χ0n) is 10.5. The minimum absolute atomic E-state index is 0.150. The minimum Gasteiger partial charge on any atom is -0.476 e. The lowest BCUT2D eigenvalue weighted by Crippen LogP contribution is -2.46. The van der Waals surface area contributed by atoms with Gasteiger partial charge in [0.25, 0.3) is 0 Å². The lowest BCUT2D eigenvalue weighted by Gasteiger charge is -2.29. The van der Waals surface area contributed by atoms with E-state index in [2.05, 4.69) is 0 Å². The van der Waals surface area contributed by atoms with Crippen LogP contribution < -0.4 is 10.5 Å². The van der Waals surface area contributed by atoms with Gasteiger partial charge in [0.15, 0.2) is 0 Å². The number of hydrogen-bond acceptors (Lipinski definition) is 4. The van der Waals surface area contributed by atoms with Crippen molar-refractivity contribution in [1.29, 1.82) is 0 Å². The summed E-state index contributed by atoms with van der Waals surface area (Å²) in [5, 5.41) is 0. The van der Waals surface area contributed by atoms with E-state index in [0.717, 1.165) is 0 Å². The van der Waals surface area contributed by atoms with Gasteiger partial charge in [-0.15, -0.1) is 0 Å². The van der Waals surface area contributed by atoms with Gasteiger partial charge in [-0.05, 0) is 26.0 Å². The highest BCUT2D eigenvalue weighted by Crippen LogP contribution is 2.23. The van der Waals surface area contributed by atoms with Gasteiger partial charge in [0, 0.05) is 12.5 Å². The zero-order valence-corrected chi connectivity index (χ0v) is 10.5. The Balaban J connectivity index is 2.87. The van der Waals surface area contributed by atoms with Crippen LogP contribution >= 0.6 is 0 Å². The largest absolute Gasteiger partial charge is 0.476 e. The average molecular weight is 237 g/mol. The van der Waals surface area contributed by atoms with Crippen molar-refractivity contribution in [2.75, 3.05) is 7.11 Å². The summed E-state index contributed by atoms with van der Waals surface area (Å²) < 4.78 is 10.5. The molecule has 0 radical (unpaired) electrons. The van der Waals surface area contributed by atoms with Crippen molar-refractivity contribution in [3.05, 3.63) is 30.3 Å². The second-order valence-electron chi connectivity index (χ2n) is 4.32. The molecule has 4 nitrogen and oxygen atoms in total. The quantitative estimate of drug-likeness (QED) is 0.792. The van der Waals surface area contributed by atoms with Crippen LogP contribution in [-0.2, 0) is 9.53 Å². The number of nitrogens with two attached hydrogens (primary N) is 1. The molecular weight excluding hydrogens is 218 g/mol. The van der Waals surface area contributed by atoms with Crippen molar-refractivity contribution >= 4 is 5.97 Å². The molecule has 0 bridgehead atoms. The monoisotopic (exact) mass is 237 g/mol. The Bertz CT molecular complexity index is 364. The predicted molar refractivity (Wildman–Crippen MR) is 65.8 cm³/mol. The Morgan fingerprint density at radius 3 is 2.47 bits per heavy atom. The smallest absolute Gasteiger partial charge is 0.349 e. The van der Waals surface area contributed by atoms with E-state index >= 15 is 0 Å². The molecule has 1 rings (SSSR count). The van der Waals surface area contributed by atoms with E-state index < -0.39 is 11.6 Å². The molecule has 0 unspecified atom stereocenters. The molecule has 0 spiro atoms. The number of para-hydroxylation sites is 1. The van der Waals surface area contributed by atoms with Gasteiger partial charge in [0.05, 0.1) is 7.11 Å². The SMILES string of the molecule is COC(=O)[C@@](C)(C[C@@H](C)N)Oc1ccccc1. The van der Waals surface area contributed by atoms with Gasteiger partial charge in [-0.25, -0.2) is 4.79 Å². The maximum absolute atomic E-state index is 11.8. The Labute approximate surface area is 102 Å². The van der Waals surface area contributed by atoms with E-state index in [0.29, 0.717) is 12.2 Å². The van der Waals surface area contributed by atoms with Crippen LogP contribution in [0.15, 0.2) is 30.3 Å². The van der Waals surface area contributed by atoms with Crippen LogP contribution in [0.3, 0.4) is 0 Å². The van der Waals surface area contributed by atoms with Crippen molar-refractivity contribution in [3.63, 3.8) is 0 Å². The summed E-state index contributed by atoms with van der Waals surface area (Å²) in [6.45, 7) is 3.52. The van der Waals surface area contributed by atoms with E-state index in [4.69, 9.17) is 15.2 Å².